The van der Waals surface area contributed by atoms with Gasteiger partial charge in [-0.05, 0) is 48.5 Å². The van der Waals surface area contributed by atoms with Gasteiger partial charge in [-0.3, -0.25) is 9.59 Å². The SMILES string of the molecule is COCCN(CC(=O)N1N=C(c2ccccc2F)C[C@@H]1c1cc(OC)ccc1OC)C(=O)c1ccc(C(F)(F)F)cc1. The van der Waals surface area contributed by atoms with Crippen LogP contribution >= 0.6 is 0 Å². The van der Waals surface area contributed by atoms with Crippen molar-refractivity contribution < 1.29 is 41.4 Å². The van der Waals surface area contributed by atoms with E-state index >= 15 is 0 Å². The standard InChI is InChI=1S/C30H29F4N3O5/c1-40-15-14-36(29(39)19-8-10-20(11-9-19)30(32,33)34)18-28(38)37-26(23-16-21(41-2)12-13-27(23)42-3)17-25(35-37)22-6-4-5-7-24(22)31/h4-13,16,26H,14-15,17-18H2,1-3H3/t26-/m1/s1. The summed E-state index contributed by atoms with van der Waals surface area (Å²) in [6, 6.07) is 14.1. The average molecular weight is 588 g/mol. The molecule has 1 aliphatic rings. The Morgan fingerprint density at radius 1 is 1.00 bits per heavy atom. The lowest BCUT2D eigenvalue weighted by Crippen LogP contribution is -2.42. The molecule has 0 saturated heterocycles. The molecule has 12 heteroatoms. The third kappa shape index (κ3) is 6.71. The first kappa shape index (κ1) is 30.5. The molecule has 2 amide bonds. The third-order valence-electron chi connectivity index (χ3n) is 6.78. The molecule has 0 bridgehead atoms. The molecule has 222 valence electrons. The quantitative estimate of drug-likeness (QED) is 0.300. The van der Waals surface area contributed by atoms with E-state index in [4.69, 9.17) is 14.2 Å². The number of rotatable bonds is 10. The van der Waals surface area contributed by atoms with Crippen LogP contribution < -0.4 is 9.47 Å². The maximum atomic E-state index is 14.7. The van der Waals surface area contributed by atoms with Gasteiger partial charge in [0.15, 0.2) is 0 Å². The second kappa shape index (κ2) is 13.0. The van der Waals surface area contributed by atoms with Crippen LogP contribution in [0.15, 0.2) is 71.8 Å². The summed E-state index contributed by atoms with van der Waals surface area (Å²) in [7, 11) is 4.38. The number of carbonyl (C=O) groups is 2. The molecule has 0 aliphatic carbocycles. The van der Waals surface area contributed by atoms with Gasteiger partial charge in [0.2, 0.25) is 0 Å². The van der Waals surface area contributed by atoms with Crippen LogP contribution in [0.4, 0.5) is 17.6 Å². The van der Waals surface area contributed by atoms with Crippen molar-refractivity contribution in [3.63, 3.8) is 0 Å². The number of nitrogens with zero attached hydrogens (tertiary/aromatic N) is 3. The van der Waals surface area contributed by atoms with Gasteiger partial charge in [0.25, 0.3) is 11.8 Å². The molecule has 1 heterocycles. The van der Waals surface area contributed by atoms with Crippen molar-refractivity contribution in [2.45, 2.75) is 18.6 Å². The number of benzene rings is 3. The van der Waals surface area contributed by atoms with Crippen LogP contribution in [0.2, 0.25) is 0 Å². The molecule has 0 unspecified atom stereocenters. The Balaban J connectivity index is 1.69. The van der Waals surface area contributed by atoms with Gasteiger partial charge in [-0.1, -0.05) is 18.2 Å². The lowest BCUT2D eigenvalue weighted by atomic mass is 9.97. The summed E-state index contributed by atoms with van der Waals surface area (Å²) < 4.78 is 69.8. The largest absolute Gasteiger partial charge is 0.497 e. The molecule has 1 atom stereocenters. The number of hydrogen-bond acceptors (Lipinski definition) is 6. The monoisotopic (exact) mass is 587 g/mol. The molecule has 3 aromatic carbocycles. The fourth-order valence-electron chi connectivity index (χ4n) is 4.61. The van der Waals surface area contributed by atoms with E-state index < -0.39 is 42.0 Å². The van der Waals surface area contributed by atoms with Gasteiger partial charge < -0.3 is 19.1 Å². The molecule has 0 saturated carbocycles. The van der Waals surface area contributed by atoms with E-state index in [9.17, 15) is 27.2 Å². The summed E-state index contributed by atoms with van der Waals surface area (Å²) in [5.74, 6) is -0.840. The Labute approximate surface area is 240 Å². The lowest BCUT2D eigenvalue weighted by molar-refractivity contribution is -0.137. The predicted octanol–water partition coefficient (Wildman–Crippen LogP) is 5.33. The lowest BCUT2D eigenvalue weighted by Gasteiger charge is -2.28. The van der Waals surface area contributed by atoms with Crippen molar-refractivity contribution in [2.24, 2.45) is 5.10 Å². The highest BCUT2D eigenvalue weighted by atomic mass is 19.4. The molecule has 0 radical (unpaired) electrons. The molecule has 0 N–H and O–H groups in total. The Hall–Kier alpha value is -4.45. The van der Waals surface area contributed by atoms with Crippen molar-refractivity contribution in [1.29, 1.82) is 0 Å². The summed E-state index contributed by atoms with van der Waals surface area (Å²) in [6.07, 6.45) is -4.42. The summed E-state index contributed by atoms with van der Waals surface area (Å²) >= 11 is 0. The third-order valence-corrected chi connectivity index (χ3v) is 6.78. The zero-order valence-corrected chi connectivity index (χ0v) is 23.2. The second-order valence-electron chi connectivity index (χ2n) is 9.39. The minimum atomic E-state index is -4.56. The van der Waals surface area contributed by atoms with Crippen LogP contribution in [0.25, 0.3) is 0 Å². The van der Waals surface area contributed by atoms with Crippen molar-refractivity contribution in [1.82, 2.24) is 9.91 Å². The van der Waals surface area contributed by atoms with Crippen LogP contribution in [0.5, 0.6) is 11.5 Å². The van der Waals surface area contributed by atoms with E-state index in [1.165, 1.54) is 37.3 Å². The Morgan fingerprint density at radius 3 is 2.33 bits per heavy atom. The number of methoxy groups -OCH3 is 3. The maximum absolute atomic E-state index is 14.7. The first-order valence-electron chi connectivity index (χ1n) is 12.9. The van der Waals surface area contributed by atoms with Gasteiger partial charge in [0.05, 0.1) is 38.1 Å². The van der Waals surface area contributed by atoms with E-state index in [1.54, 1.807) is 36.4 Å². The summed E-state index contributed by atoms with van der Waals surface area (Å²) in [4.78, 5) is 28.3. The molecule has 4 rings (SSSR count). The minimum Gasteiger partial charge on any atom is -0.497 e. The highest BCUT2D eigenvalue weighted by Gasteiger charge is 2.37. The average Bonchev–Trinajstić information content (AvgIpc) is 3.43. The van der Waals surface area contributed by atoms with Crippen molar-refractivity contribution in [3.05, 3.63) is 94.8 Å². The van der Waals surface area contributed by atoms with E-state index in [0.717, 1.165) is 24.3 Å². The Bertz CT molecular complexity index is 1460. The second-order valence-corrected chi connectivity index (χ2v) is 9.39. The molecule has 8 nitrogen and oxygen atoms in total. The number of hydrogen-bond donors (Lipinski definition) is 0. The van der Waals surface area contributed by atoms with E-state index in [1.807, 2.05) is 0 Å². The van der Waals surface area contributed by atoms with Gasteiger partial charge in [-0.15, -0.1) is 0 Å². The van der Waals surface area contributed by atoms with Gasteiger partial charge in [0.1, 0.15) is 23.9 Å². The summed E-state index contributed by atoms with van der Waals surface area (Å²) in [5, 5.41) is 5.66. The van der Waals surface area contributed by atoms with Crippen LogP contribution in [0.3, 0.4) is 0 Å². The number of carbonyl (C=O) groups excluding carboxylic acids is 2. The molecular weight excluding hydrogens is 558 g/mol. The normalized spacial score (nSPS) is 14.9. The predicted molar refractivity (Wildman–Crippen MR) is 146 cm³/mol. The zero-order chi connectivity index (χ0) is 30.4. The fraction of sp³-hybridized carbons (Fsp3) is 0.300. The van der Waals surface area contributed by atoms with E-state index in [0.29, 0.717) is 22.8 Å². The molecule has 1 aliphatic heterocycles. The molecule has 42 heavy (non-hydrogen) atoms. The fourth-order valence-corrected chi connectivity index (χ4v) is 4.61. The van der Waals surface area contributed by atoms with Gasteiger partial charge >= 0.3 is 6.18 Å². The summed E-state index contributed by atoms with van der Waals surface area (Å²) in [5.41, 5.74) is 0.152. The Kier molecular flexibility index (Phi) is 9.46. The van der Waals surface area contributed by atoms with Crippen LogP contribution in [-0.4, -0.2) is 68.5 Å². The first-order chi connectivity index (χ1) is 20.1. The van der Waals surface area contributed by atoms with E-state index in [-0.39, 0.29) is 30.7 Å². The van der Waals surface area contributed by atoms with Crippen molar-refractivity contribution in [3.8, 4) is 11.5 Å². The van der Waals surface area contributed by atoms with Crippen LogP contribution in [-0.2, 0) is 15.7 Å². The smallest absolute Gasteiger partial charge is 0.416 e. The molecule has 0 aromatic heterocycles. The van der Waals surface area contributed by atoms with Gasteiger partial charge in [-0.25, -0.2) is 9.40 Å². The first-order valence-corrected chi connectivity index (χ1v) is 12.9. The topological polar surface area (TPSA) is 80.7 Å². The van der Waals surface area contributed by atoms with Crippen molar-refractivity contribution in [2.75, 3.05) is 41.0 Å². The number of ether oxygens (including phenoxy) is 3. The highest BCUT2D eigenvalue weighted by molar-refractivity contribution is 6.04. The minimum absolute atomic E-state index is 0.0209. The molecule has 3 aromatic rings. The number of alkyl halides is 3. The molecule has 0 fully saturated rings. The van der Waals surface area contributed by atoms with E-state index in [2.05, 4.69) is 5.10 Å². The molecule has 0 spiro atoms. The van der Waals surface area contributed by atoms with Crippen LogP contribution in [0, 0.1) is 5.82 Å². The number of hydrazone groups is 1. The number of halogens is 4. The van der Waals surface area contributed by atoms with Gasteiger partial charge in [0, 0.05) is 36.8 Å². The van der Waals surface area contributed by atoms with Gasteiger partial charge in [-0.2, -0.15) is 18.3 Å². The molecular formula is C30H29F4N3O5. The number of amides is 2. The van der Waals surface area contributed by atoms with Crippen molar-refractivity contribution >= 4 is 17.5 Å². The van der Waals surface area contributed by atoms with Crippen LogP contribution in [0.1, 0.15) is 39.5 Å². The zero-order valence-electron chi connectivity index (χ0n) is 23.2. The summed E-state index contributed by atoms with van der Waals surface area (Å²) in [6.45, 7) is -0.427. The Morgan fingerprint density at radius 2 is 1.71 bits per heavy atom. The maximum Gasteiger partial charge on any atom is 0.416 e. The highest BCUT2D eigenvalue weighted by Crippen LogP contribution is 2.39.